The second kappa shape index (κ2) is 45.6. The van der Waals surface area contributed by atoms with E-state index in [1.807, 2.05) is 43.3 Å². The molecule has 9 N–H and O–H groups in total. The Labute approximate surface area is 691 Å². The summed E-state index contributed by atoms with van der Waals surface area (Å²) in [6, 6.07) is 42.6. The largest absolute Gasteiger partial charge is 0.475 e. The number of halogens is 1. The normalized spacial score (nSPS) is 15.3. The van der Waals surface area contributed by atoms with Gasteiger partial charge in [0.2, 0.25) is 35.2 Å². The molecule has 4 aromatic carbocycles. The van der Waals surface area contributed by atoms with Crippen molar-refractivity contribution in [2.24, 2.45) is 47.2 Å². The number of nitrogen functional groups attached to an aromatic ring is 1. The molecule has 4 saturated carbocycles. The van der Waals surface area contributed by atoms with Crippen LogP contribution in [0.25, 0.3) is 45.3 Å². The van der Waals surface area contributed by atoms with E-state index in [9.17, 15) is 63.4 Å². The summed E-state index contributed by atoms with van der Waals surface area (Å²) in [7, 11) is 6.50. The number of benzene rings is 4. The van der Waals surface area contributed by atoms with Gasteiger partial charge < -0.3 is 59.9 Å². The summed E-state index contributed by atoms with van der Waals surface area (Å²) in [5.41, 5.74) is 15.9. The molecule has 5 aromatic heterocycles. The summed E-state index contributed by atoms with van der Waals surface area (Å²) in [5, 5.41) is 40.6. The fourth-order valence-electron chi connectivity index (χ4n) is 15.7. The van der Waals surface area contributed by atoms with Gasteiger partial charge in [-0.2, -0.15) is 0 Å². The van der Waals surface area contributed by atoms with Gasteiger partial charge in [-0.3, -0.25) is 58.6 Å². The SMILES string of the molecule is CNC(=O)[C@@H](CC(=O)c1ccc(-c2ccc(CC(=O)c3ccc(C)o3)cc2)o1)C1CCCCC1.CNC(=O)[C@@H](CC(=O)c1ccc(-c2ccc(N)cc2)o1)C1CCCCC1.CNC(=O)[C@@H](CC(=O)c1ccc(-c2ccc([N+](=O)[O-])cc2)o1)C1CCCCC1.CNC(=O)[C@@H](N)C1CCCCC1.Cl.O=C(O)c1ccc(-c2ccc([N+](=O)[O-])cc2)o1. The van der Waals surface area contributed by atoms with Crippen molar-refractivity contribution in [3.8, 4) is 45.3 Å². The van der Waals surface area contributed by atoms with Crippen molar-refractivity contribution in [1.82, 2.24) is 21.3 Å². The summed E-state index contributed by atoms with van der Waals surface area (Å²) in [6.45, 7) is 1.81. The van der Waals surface area contributed by atoms with E-state index in [1.54, 1.807) is 101 Å². The molecule has 0 saturated heterocycles. The molecule has 0 radical (unpaired) electrons. The molecule has 4 fully saturated rings. The van der Waals surface area contributed by atoms with Crippen molar-refractivity contribution in [3.63, 3.8) is 0 Å². The Morgan fingerprint density at radius 3 is 0.949 bits per heavy atom. The fraction of sp³-hybridized carbons (Fsp3) is 0.411. The number of hydrogen-bond donors (Lipinski definition) is 7. The molecule has 0 bridgehead atoms. The Balaban J connectivity index is 0.000000190. The second-order valence-corrected chi connectivity index (χ2v) is 30.2. The van der Waals surface area contributed by atoms with Crippen LogP contribution in [-0.2, 0) is 25.6 Å². The number of ketones is 4. The highest BCUT2D eigenvalue weighted by Crippen LogP contribution is 2.38. The number of carbonyl (C=O) groups excluding carboxylic acids is 8. The summed E-state index contributed by atoms with van der Waals surface area (Å²) in [5.74, 6) is 2.02. The Morgan fingerprint density at radius 1 is 0.381 bits per heavy atom. The molecule has 0 spiro atoms. The van der Waals surface area contributed by atoms with Gasteiger partial charge in [0.25, 0.3) is 11.4 Å². The van der Waals surface area contributed by atoms with Gasteiger partial charge in [0.05, 0.1) is 15.9 Å². The number of likely N-dealkylation sites (N-methyl/N-ethyl adjacent to an activating group) is 1. The van der Waals surface area contributed by atoms with E-state index in [0.29, 0.717) is 63.1 Å². The quantitative estimate of drug-likeness (QED) is 0.0109. The van der Waals surface area contributed by atoms with Gasteiger partial charge in [-0.1, -0.05) is 101 Å². The predicted molar refractivity (Wildman–Crippen MR) is 448 cm³/mol. The average molecular weight is 1640 g/mol. The van der Waals surface area contributed by atoms with Crippen molar-refractivity contribution in [1.29, 1.82) is 0 Å². The molecular weight excluding hydrogens is 1530 g/mol. The first kappa shape index (κ1) is 91.7. The zero-order valence-corrected chi connectivity index (χ0v) is 68.2. The van der Waals surface area contributed by atoms with Crippen LogP contribution in [0.1, 0.15) is 212 Å². The minimum absolute atomic E-state index is 0. The van der Waals surface area contributed by atoms with E-state index in [4.69, 9.17) is 38.7 Å². The van der Waals surface area contributed by atoms with E-state index < -0.39 is 15.8 Å². The predicted octanol–water partition coefficient (Wildman–Crippen LogP) is 17.8. The number of carboxylic acid groups (broad SMARTS) is 1. The number of aryl methyl sites for hydroxylation is 1. The van der Waals surface area contributed by atoms with Crippen molar-refractivity contribution >= 4 is 82.2 Å². The number of nitrogens with two attached hydrogens (primary N) is 2. The zero-order chi connectivity index (χ0) is 84.1. The monoisotopic (exact) mass is 1640 g/mol. The highest BCUT2D eigenvalue weighted by atomic mass is 35.5. The molecule has 4 atom stereocenters. The van der Waals surface area contributed by atoms with Crippen molar-refractivity contribution < 1.29 is 80.2 Å². The number of amides is 4. The number of nitro benzene ring substituents is 2. The lowest BCUT2D eigenvalue weighted by Crippen LogP contribution is -2.44. The van der Waals surface area contributed by atoms with Crippen molar-refractivity contribution in [3.05, 3.63) is 218 Å². The fourth-order valence-corrected chi connectivity index (χ4v) is 15.7. The van der Waals surface area contributed by atoms with E-state index in [1.165, 1.54) is 87.1 Å². The number of carboxylic acids is 1. The van der Waals surface area contributed by atoms with Gasteiger partial charge >= 0.3 is 5.97 Å². The van der Waals surface area contributed by atoms with Crippen LogP contribution < -0.4 is 32.7 Å². The van der Waals surface area contributed by atoms with Crippen LogP contribution >= 0.6 is 12.4 Å². The lowest BCUT2D eigenvalue weighted by atomic mass is 9.77. The number of furan rings is 5. The molecule has 0 unspecified atom stereocenters. The van der Waals surface area contributed by atoms with Gasteiger partial charge in [-0.15, -0.1) is 12.4 Å². The number of aromatic carboxylic acids is 1. The number of nitrogens with one attached hydrogen (secondary N) is 4. The third-order valence-electron chi connectivity index (χ3n) is 22.3. The Hall–Kier alpha value is -11.8. The Morgan fingerprint density at radius 2 is 0.661 bits per heavy atom. The Bertz CT molecular complexity index is 4800. The molecular formula is C90H107ClN8O19. The minimum Gasteiger partial charge on any atom is -0.475 e. The standard InChI is InChI=1S/C28H31NO5.C21H24N2O5.C21H26N2O3.C11H7NO5.C9H18N2O.ClH/c1-18-8-13-26(33-18)23(30)16-19-9-11-21(12-10-19)25-14-15-27(34-25)24(31)17-22(28(32)29-2)20-6-4-3-5-7-20;1-22-21(25)17(14-5-3-2-4-6-14)13-18(24)20-12-11-19(28-20)15-7-9-16(10-8-15)23(26)27;1-23-21(25)17(14-5-3-2-4-6-14)13-18(24)20-12-11-19(26-20)15-7-9-16(22)10-8-15;13-11(14)10-6-5-9(17-10)7-1-3-8(4-2-7)12(15)16;1-11-9(12)8(10)7-5-3-2-4-6-7;/h8-15,20,22H,3-7,16-17H2,1-2H3,(H,29,32);7-12,14,17H,2-6,13H2,1H3,(H,22,25);7-12,14,17H,2-6,13,22H2,1H3,(H,23,25);1-6H,(H,13,14);7-8H,2-6,10H2,1H3,(H,11,12);1H/t22-;2*17-;;8-;/m000.0./s1. The van der Waals surface area contributed by atoms with Crippen LogP contribution in [0.5, 0.6) is 0 Å². The van der Waals surface area contributed by atoms with Crippen LogP contribution in [0.2, 0.25) is 0 Å². The number of nitrogens with zero attached hydrogens (tertiary/aromatic N) is 2. The van der Waals surface area contributed by atoms with Gasteiger partial charge in [0.15, 0.2) is 40.4 Å². The number of rotatable bonds is 27. The summed E-state index contributed by atoms with van der Waals surface area (Å²) in [6.07, 6.45) is 22.9. The number of hydrogen-bond acceptors (Lipinski definition) is 20. The second-order valence-electron chi connectivity index (χ2n) is 30.2. The van der Waals surface area contributed by atoms with Crippen LogP contribution in [0.15, 0.2) is 180 Å². The number of non-ortho nitro benzene ring substituents is 2. The molecule has 13 rings (SSSR count). The molecule has 0 aliphatic heterocycles. The first-order chi connectivity index (χ1) is 56.3. The molecule has 5 heterocycles. The first-order valence-electron chi connectivity index (χ1n) is 40.2. The molecule has 118 heavy (non-hydrogen) atoms. The molecule has 28 heteroatoms. The maximum absolute atomic E-state index is 13.0. The van der Waals surface area contributed by atoms with Crippen LogP contribution in [0, 0.1) is 68.6 Å². The molecule has 9 aromatic rings. The molecule has 628 valence electrons. The van der Waals surface area contributed by atoms with Crippen LogP contribution in [0.3, 0.4) is 0 Å². The van der Waals surface area contributed by atoms with E-state index >= 15 is 0 Å². The van der Waals surface area contributed by atoms with Crippen molar-refractivity contribution in [2.45, 2.75) is 167 Å². The van der Waals surface area contributed by atoms with Gasteiger partial charge in [-0.25, -0.2) is 4.79 Å². The molecule has 4 aliphatic carbocycles. The summed E-state index contributed by atoms with van der Waals surface area (Å²) >= 11 is 0. The maximum atomic E-state index is 13.0. The highest BCUT2D eigenvalue weighted by Gasteiger charge is 2.36. The van der Waals surface area contributed by atoms with E-state index in [0.717, 1.165) is 107 Å². The summed E-state index contributed by atoms with van der Waals surface area (Å²) in [4.78, 5) is 130. The number of nitro groups is 2. The first-order valence-corrected chi connectivity index (χ1v) is 40.2. The number of anilines is 1. The number of carbonyl (C=O) groups is 9. The van der Waals surface area contributed by atoms with Crippen molar-refractivity contribution in [2.75, 3.05) is 33.9 Å². The molecule has 4 amide bonds. The lowest BCUT2D eigenvalue weighted by molar-refractivity contribution is -0.385. The average Bonchev–Trinajstić information content (AvgIpc) is 1.68. The number of Topliss-reactive ketones (excluding diaryl/α,β-unsaturated/α-hetero) is 4. The zero-order valence-electron chi connectivity index (χ0n) is 67.4. The third-order valence-corrected chi connectivity index (χ3v) is 22.3. The smallest absolute Gasteiger partial charge is 0.371 e. The molecule has 4 aliphatic rings. The topological polar surface area (TPSA) is 426 Å². The van der Waals surface area contributed by atoms with Gasteiger partial charge in [0.1, 0.15) is 28.8 Å². The highest BCUT2D eigenvalue weighted by molar-refractivity contribution is 5.99. The third kappa shape index (κ3) is 26.3. The van der Waals surface area contributed by atoms with E-state index in [2.05, 4.69) is 21.3 Å². The Kier molecular flexibility index (Phi) is 35.4. The van der Waals surface area contributed by atoms with E-state index in [-0.39, 0.29) is 155 Å². The van der Waals surface area contributed by atoms with Crippen LogP contribution in [-0.4, -0.2) is 102 Å². The van der Waals surface area contributed by atoms with Gasteiger partial charge in [-0.05, 0) is 197 Å². The minimum atomic E-state index is -1.15. The molecule has 27 nitrogen and oxygen atoms in total. The van der Waals surface area contributed by atoms with Gasteiger partial charge in [0, 0.05) is 124 Å². The van der Waals surface area contributed by atoms with Crippen LogP contribution in [0.4, 0.5) is 17.1 Å². The summed E-state index contributed by atoms with van der Waals surface area (Å²) < 4.78 is 27.8. The maximum Gasteiger partial charge on any atom is 0.371 e. The lowest BCUT2D eigenvalue weighted by Gasteiger charge is -2.28.